The normalized spacial score (nSPS) is 14.0. The van der Waals surface area contributed by atoms with Gasteiger partial charge < -0.3 is 9.80 Å². The summed E-state index contributed by atoms with van der Waals surface area (Å²) < 4.78 is 15.5. The van der Waals surface area contributed by atoms with Crippen LogP contribution in [0.3, 0.4) is 0 Å². The van der Waals surface area contributed by atoms with Crippen LogP contribution in [0, 0.1) is 5.82 Å². The second-order valence-electron chi connectivity index (χ2n) is 7.82. The van der Waals surface area contributed by atoms with Crippen molar-refractivity contribution < 1.29 is 9.18 Å². The molecule has 0 saturated heterocycles. The Morgan fingerprint density at radius 2 is 1.71 bits per heavy atom. The van der Waals surface area contributed by atoms with Crippen LogP contribution in [0.1, 0.15) is 44.4 Å². The zero-order valence-electron chi connectivity index (χ0n) is 17.2. The molecule has 0 fully saturated rings. The van der Waals surface area contributed by atoms with Crippen molar-refractivity contribution in [1.82, 2.24) is 4.90 Å². The first kappa shape index (κ1) is 20.1. The molecule has 3 rings (SSSR count). The molecule has 0 radical (unpaired) electrons. The van der Waals surface area contributed by atoms with Gasteiger partial charge >= 0.3 is 0 Å². The molecule has 0 bridgehead atoms. The van der Waals surface area contributed by atoms with E-state index in [1.807, 2.05) is 73.4 Å². The van der Waals surface area contributed by atoms with Crippen LogP contribution in [0.2, 0.25) is 0 Å². The molecule has 0 atom stereocenters. The maximum Gasteiger partial charge on any atom is 0.242 e. The second kappa shape index (κ2) is 8.17. The summed E-state index contributed by atoms with van der Waals surface area (Å²) >= 11 is 0. The van der Waals surface area contributed by atoms with Gasteiger partial charge in [0.05, 0.1) is 12.2 Å². The molecule has 2 aromatic carbocycles. The highest BCUT2D eigenvalue weighted by Gasteiger charge is 2.29. The minimum atomic E-state index is -0.248. The Balaban J connectivity index is 1.97. The number of halogens is 1. The lowest BCUT2D eigenvalue weighted by atomic mass is 9.87. The molecule has 0 unspecified atom stereocenters. The largest absolute Gasteiger partial charge is 0.356 e. The number of hydrogen-bond donors (Lipinski definition) is 0. The van der Waals surface area contributed by atoms with Gasteiger partial charge in [-0.1, -0.05) is 62.4 Å². The van der Waals surface area contributed by atoms with Gasteiger partial charge in [-0.15, -0.1) is 0 Å². The molecule has 1 aliphatic carbocycles. The third-order valence-electron chi connectivity index (χ3n) is 5.52. The van der Waals surface area contributed by atoms with Gasteiger partial charge in [0.25, 0.3) is 0 Å². The number of allylic oxidation sites excluding steroid dienone is 1. The first-order valence-electron chi connectivity index (χ1n) is 9.96. The maximum absolute atomic E-state index is 15.5. The summed E-state index contributed by atoms with van der Waals surface area (Å²) in [6.07, 6.45) is 3.90. The zero-order valence-corrected chi connectivity index (χ0v) is 17.2. The summed E-state index contributed by atoms with van der Waals surface area (Å²) in [5.41, 5.74) is 2.98. The summed E-state index contributed by atoms with van der Waals surface area (Å²) in [6.45, 7) is 10.0. The topological polar surface area (TPSA) is 23.6 Å². The monoisotopic (exact) mass is 380 g/mol. The molecule has 148 valence electrons. The van der Waals surface area contributed by atoms with Crippen LogP contribution in [-0.4, -0.2) is 30.4 Å². The Labute approximate surface area is 167 Å². The van der Waals surface area contributed by atoms with Gasteiger partial charge in [0.15, 0.2) is 5.82 Å². The SMILES string of the molecule is CCN(CC)C(=O)CN(Cc1ccccc1)c1ccc2c(c1F)C=CC2(C)C. The van der Waals surface area contributed by atoms with E-state index in [2.05, 4.69) is 13.8 Å². The van der Waals surface area contributed by atoms with Gasteiger partial charge in [0.2, 0.25) is 5.91 Å². The fraction of sp³-hybridized carbons (Fsp3) is 0.375. The highest BCUT2D eigenvalue weighted by Crippen LogP contribution is 2.39. The number of benzene rings is 2. The zero-order chi connectivity index (χ0) is 20.3. The Morgan fingerprint density at radius 3 is 2.36 bits per heavy atom. The van der Waals surface area contributed by atoms with Crippen LogP contribution >= 0.6 is 0 Å². The lowest BCUT2D eigenvalue weighted by Gasteiger charge is -2.29. The lowest BCUT2D eigenvalue weighted by Crippen LogP contribution is -2.40. The average molecular weight is 381 g/mol. The van der Waals surface area contributed by atoms with Crippen molar-refractivity contribution in [1.29, 1.82) is 0 Å². The summed E-state index contributed by atoms with van der Waals surface area (Å²) in [6, 6.07) is 13.7. The molecule has 0 spiro atoms. The molecule has 0 N–H and O–H groups in total. The highest BCUT2D eigenvalue weighted by atomic mass is 19.1. The van der Waals surface area contributed by atoms with Crippen molar-refractivity contribution in [2.24, 2.45) is 0 Å². The molecule has 0 aromatic heterocycles. The van der Waals surface area contributed by atoms with Crippen molar-refractivity contribution in [3.63, 3.8) is 0 Å². The van der Waals surface area contributed by atoms with E-state index in [0.717, 1.165) is 11.1 Å². The maximum atomic E-state index is 15.5. The van der Waals surface area contributed by atoms with Crippen LogP contribution < -0.4 is 4.90 Å². The van der Waals surface area contributed by atoms with Crippen molar-refractivity contribution in [3.05, 3.63) is 71.0 Å². The highest BCUT2D eigenvalue weighted by molar-refractivity contribution is 5.82. The molecule has 28 heavy (non-hydrogen) atoms. The van der Waals surface area contributed by atoms with E-state index >= 15 is 4.39 Å². The van der Waals surface area contributed by atoms with E-state index in [4.69, 9.17) is 0 Å². The minimum absolute atomic E-state index is 0.0108. The number of carbonyl (C=O) groups excluding carboxylic acids is 1. The Morgan fingerprint density at radius 1 is 1.04 bits per heavy atom. The van der Waals surface area contributed by atoms with E-state index < -0.39 is 0 Å². The molecule has 0 saturated carbocycles. The smallest absolute Gasteiger partial charge is 0.242 e. The van der Waals surface area contributed by atoms with Crippen LogP contribution in [0.25, 0.3) is 6.08 Å². The van der Waals surface area contributed by atoms with E-state index in [1.165, 1.54) is 0 Å². The van der Waals surface area contributed by atoms with Gasteiger partial charge in [-0.2, -0.15) is 0 Å². The quantitative estimate of drug-likeness (QED) is 0.674. The van der Waals surface area contributed by atoms with Crippen LogP contribution in [-0.2, 0) is 16.8 Å². The average Bonchev–Trinajstić information content (AvgIpc) is 2.99. The van der Waals surface area contributed by atoms with Gasteiger partial charge in [-0.05, 0) is 31.0 Å². The fourth-order valence-corrected chi connectivity index (χ4v) is 3.80. The van der Waals surface area contributed by atoms with E-state index in [0.29, 0.717) is 30.9 Å². The van der Waals surface area contributed by atoms with Crippen LogP contribution in [0.15, 0.2) is 48.5 Å². The molecule has 1 amide bonds. The number of rotatable bonds is 7. The molecule has 1 aliphatic rings. The number of fused-ring (bicyclic) bond motifs is 1. The number of anilines is 1. The molecule has 3 nitrogen and oxygen atoms in total. The first-order chi connectivity index (χ1) is 13.4. The van der Waals surface area contributed by atoms with Crippen LogP contribution in [0.4, 0.5) is 10.1 Å². The number of nitrogens with zero attached hydrogens (tertiary/aromatic N) is 2. The summed E-state index contributed by atoms with van der Waals surface area (Å²) in [5, 5.41) is 0. The second-order valence-corrected chi connectivity index (χ2v) is 7.82. The van der Waals surface area contributed by atoms with Crippen molar-refractivity contribution >= 4 is 17.7 Å². The molecular formula is C24H29FN2O. The summed E-state index contributed by atoms with van der Waals surface area (Å²) in [5.74, 6) is -0.237. The number of carbonyl (C=O) groups is 1. The molecule has 0 heterocycles. The van der Waals surface area contributed by atoms with Gasteiger partial charge in [0, 0.05) is 30.6 Å². The number of hydrogen-bond acceptors (Lipinski definition) is 2. The number of likely N-dealkylation sites (N-methyl/N-ethyl adjacent to an activating group) is 1. The third kappa shape index (κ3) is 3.96. The van der Waals surface area contributed by atoms with Gasteiger partial charge in [0.1, 0.15) is 0 Å². The predicted octanol–water partition coefficient (Wildman–Crippen LogP) is 5.01. The van der Waals surface area contributed by atoms with Crippen molar-refractivity contribution in [3.8, 4) is 0 Å². The Hall–Kier alpha value is -2.62. The third-order valence-corrected chi connectivity index (χ3v) is 5.52. The molecule has 4 heteroatoms. The molecular weight excluding hydrogens is 351 g/mol. The van der Waals surface area contributed by atoms with Crippen molar-refractivity contribution in [2.45, 2.75) is 39.7 Å². The summed E-state index contributed by atoms with van der Waals surface area (Å²) in [4.78, 5) is 16.4. The summed E-state index contributed by atoms with van der Waals surface area (Å²) in [7, 11) is 0. The first-order valence-corrected chi connectivity index (χ1v) is 9.96. The van der Waals surface area contributed by atoms with E-state index in [9.17, 15) is 4.79 Å². The van der Waals surface area contributed by atoms with Crippen LogP contribution in [0.5, 0.6) is 0 Å². The van der Waals surface area contributed by atoms with E-state index in [-0.39, 0.29) is 23.7 Å². The Bertz CT molecular complexity index is 870. The Kier molecular flexibility index (Phi) is 5.87. The number of amides is 1. The molecule has 2 aromatic rings. The lowest BCUT2D eigenvalue weighted by molar-refractivity contribution is -0.129. The van der Waals surface area contributed by atoms with Gasteiger partial charge in [-0.25, -0.2) is 4.39 Å². The van der Waals surface area contributed by atoms with Crippen molar-refractivity contribution in [2.75, 3.05) is 24.5 Å². The van der Waals surface area contributed by atoms with Gasteiger partial charge in [-0.3, -0.25) is 4.79 Å². The minimum Gasteiger partial charge on any atom is -0.356 e. The predicted molar refractivity (Wildman–Crippen MR) is 114 cm³/mol. The fourth-order valence-electron chi connectivity index (χ4n) is 3.80. The molecule has 0 aliphatic heterocycles. The standard InChI is InChI=1S/C24H29FN2O/c1-5-26(6-2)22(28)17-27(16-18-10-8-7-9-11-18)21-13-12-20-19(23(21)25)14-15-24(20,3)4/h7-15H,5-6,16-17H2,1-4H3. The van der Waals surface area contributed by atoms with E-state index in [1.54, 1.807) is 4.90 Å².